The van der Waals surface area contributed by atoms with Crippen molar-refractivity contribution in [1.82, 2.24) is 4.31 Å². The maximum absolute atomic E-state index is 12.9. The molecule has 0 saturated carbocycles. The molecule has 0 unspecified atom stereocenters. The van der Waals surface area contributed by atoms with E-state index in [1.54, 1.807) is 25.1 Å². The number of hydrogen-bond donors (Lipinski definition) is 1. The van der Waals surface area contributed by atoms with Gasteiger partial charge in [-0.15, -0.1) is 0 Å². The van der Waals surface area contributed by atoms with Gasteiger partial charge in [0.2, 0.25) is 10.0 Å². The van der Waals surface area contributed by atoms with Gasteiger partial charge in [-0.2, -0.15) is 4.31 Å². The summed E-state index contributed by atoms with van der Waals surface area (Å²) in [7, 11) is -3.74. The predicted octanol–water partition coefficient (Wildman–Crippen LogP) is 4.27. The van der Waals surface area contributed by atoms with Crippen molar-refractivity contribution >= 4 is 50.8 Å². The zero-order valence-corrected chi connectivity index (χ0v) is 19.2. The van der Waals surface area contributed by atoms with Crippen molar-refractivity contribution < 1.29 is 22.7 Å². The molecule has 0 atom stereocenters. The minimum atomic E-state index is -3.74. The maximum Gasteiger partial charge on any atom is 0.340 e. The topological polar surface area (TPSA) is 92.8 Å². The molecule has 7 nitrogen and oxygen atoms in total. The number of halogens is 2. The van der Waals surface area contributed by atoms with E-state index in [1.165, 1.54) is 22.5 Å². The molecule has 3 rings (SSSR count). The molecule has 1 N–H and O–H groups in total. The lowest BCUT2D eigenvalue weighted by Gasteiger charge is -2.26. The fraction of sp³-hybridized carbons (Fsp3) is 0.333. The van der Waals surface area contributed by atoms with E-state index < -0.39 is 28.5 Å². The number of hydrogen-bond acceptors (Lipinski definition) is 5. The number of nitrogens with one attached hydrogen (secondary N) is 1. The lowest BCUT2D eigenvalue weighted by Crippen LogP contribution is -2.35. The zero-order valence-electron chi connectivity index (χ0n) is 16.9. The number of benzene rings is 2. The molecule has 1 aliphatic rings. The van der Waals surface area contributed by atoms with Crippen molar-refractivity contribution in [1.29, 1.82) is 0 Å². The maximum atomic E-state index is 12.9. The van der Waals surface area contributed by atoms with Gasteiger partial charge in [0, 0.05) is 23.8 Å². The van der Waals surface area contributed by atoms with Crippen LogP contribution in [0.2, 0.25) is 10.0 Å². The molecule has 1 heterocycles. The number of sulfonamides is 1. The summed E-state index contributed by atoms with van der Waals surface area (Å²) in [6.07, 6.45) is 2.58. The Bertz CT molecular complexity index is 1100. The Labute approximate surface area is 191 Å². The van der Waals surface area contributed by atoms with Crippen molar-refractivity contribution in [2.75, 3.05) is 25.0 Å². The van der Waals surface area contributed by atoms with Gasteiger partial charge >= 0.3 is 5.97 Å². The number of rotatable bonds is 6. The van der Waals surface area contributed by atoms with Crippen molar-refractivity contribution in [3.05, 3.63) is 57.6 Å². The average molecular weight is 485 g/mol. The molecule has 31 heavy (non-hydrogen) atoms. The SMILES string of the molecule is Cc1ccc(Cl)cc1NC(=O)COC(=O)c1cc(S(=O)(=O)N2CCCCC2)ccc1Cl. The van der Waals surface area contributed by atoms with Gasteiger partial charge in [-0.05, 0) is 55.7 Å². The van der Waals surface area contributed by atoms with E-state index in [4.69, 9.17) is 27.9 Å². The second-order valence-corrected chi connectivity index (χ2v) is 9.97. The van der Waals surface area contributed by atoms with E-state index >= 15 is 0 Å². The van der Waals surface area contributed by atoms with Gasteiger partial charge in [-0.3, -0.25) is 4.79 Å². The van der Waals surface area contributed by atoms with Crippen LogP contribution in [0.1, 0.15) is 35.2 Å². The summed E-state index contributed by atoms with van der Waals surface area (Å²) in [5.41, 5.74) is 1.18. The second-order valence-electron chi connectivity index (χ2n) is 7.19. The summed E-state index contributed by atoms with van der Waals surface area (Å²) in [4.78, 5) is 24.6. The number of nitrogens with zero attached hydrogens (tertiary/aromatic N) is 1. The van der Waals surface area contributed by atoms with Crippen LogP contribution >= 0.6 is 23.2 Å². The minimum Gasteiger partial charge on any atom is -0.452 e. The quantitative estimate of drug-likeness (QED) is 0.617. The summed E-state index contributed by atoms with van der Waals surface area (Å²) in [6, 6.07) is 8.91. The van der Waals surface area contributed by atoms with E-state index in [-0.39, 0.29) is 15.5 Å². The lowest BCUT2D eigenvalue weighted by molar-refractivity contribution is -0.119. The van der Waals surface area contributed by atoms with Crippen LogP contribution < -0.4 is 5.32 Å². The predicted molar refractivity (Wildman–Crippen MR) is 119 cm³/mol. The van der Waals surface area contributed by atoms with E-state index in [9.17, 15) is 18.0 Å². The van der Waals surface area contributed by atoms with Crippen molar-refractivity contribution in [3.63, 3.8) is 0 Å². The Hall–Kier alpha value is -2.13. The molecule has 1 aliphatic heterocycles. The first-order chi connectivity index (χ1) is 14.7. The Balaban J connectivity index is 1.69. The van der Waals surface area contributed by atoms with Crippen molar-refractivity contribution in [3.8, 4) is 0 Å². The van der Waals surface area contributed by atoms with E-state index in [1.807, 2.05) is 0 Å². The molecule has 2 aromatic carbocycles. The molecule has 0 aromatic heterocycles. The van der Waals surface area contributed by atoms with Crippen LogP contribution in [0.4, 0.5) is 5.69 Å². The van der Waals surface area contributed by atoms with Crippen LogP contribution in [0.3, 0.4) is 0 Å². The number of amides is 1. The van der Waals surface area contributed by atoms with Crippen LogP contribution in [0, 0.1) is 6.92 Å². The third kappa shape index (κ3) is 5.77. The first-order valence-electron chi connectivity index (χ1n) is 9.71. The molecular formula is C21H22Cl2N2O5S. The smallest absolute Gasteiger partial charge is 0.340 e. The van der Waals surface area contributed by atoms with Crippen LogP contribution in [0.25, 0.3) is 0 Å². The average Bonchev–Trinajstić information content (AvgIpc) is 2.75. The molecule has 10 heteroatoms. The molecule has 166 valence electrons. The number of aryl methyl sites for hydroxylation is 1. The highest BCUT2D eigenvalue weighted by Gasteiger charge is 2.27. The van der Waals surface area contributed by atoms with Crippen LogP contribution in [0.15, 0.2) is 41.3 Å². The number of carbonyl (C=O) groups excluding carboxylic acids is 2. The number of ether oxygens (including phenoxy) is 1. The van der Waals surface area contributed by atoms with Gasteiger partial charge in [0.05, 0.1) is 15.5 Å². The van der Waals surface area contributed by atoms with Crippen LogP contribution in [-0.4, -0.2) is 44.3 Å². The van der Waals surface area contributed by atoms with Gasteiger partial charge in [0.15, 0.2) is 6.61 Å². The van der Waals surface area contributed by atoms with Gasteiger partial charge in [-0.1, -0.05) is 35.7 Å². The largest absolute Gasteiger partial charge is 0.452 e. The Morgan fingerprint density at radius 1 is 1.06 bits per heavy atom. The minimum absolute atomic E-state index is 0.0358. The Morgan fingerprint density at radius 2 is 1.77 bits per heavy atom. The summed E-state index contributed by atoms with van der Waals surface area (Å²) in [5, 5.41) is 3.11. The van der Waals surface area contributed by atoms with Crippen molar-refractivity contribution in [2.24, 2.45) is 0 Å². The highest BCUT2D eigenvalue weighted by atomic mass is 35.5. The molecule has 0 bridgehead atoms. The van der Waals surface area contributed by atoms with Gasteiger partial charge in [0.1, 0.15) is 0 Å². The monoisotopic (exact) mass is 484 g/mol. The second kappa shape index (κ2) is 9.99. The molecule has 1 saturated heterocycles. The molecule has 2 aromatic rings. The molecule has 1 fully saturated rings. The van der Waals surface area contributed by atoms with Crippen LogP contribution in [0.5, 0.6) is 0 Å². The first-order valence-corrected chi connectivity index (χ1v) is 11.9. The van der Waals surface area contributed by atoms with E-state index in [0.29, 0.717) is 23.8 Å². The summed E-state index contributed by atoms with van der Waals surface area (Å²) in [6.45, 7) is 2.11. The van der Waals surface area contributed by atoms with Gasteiger partial charge < -0.3 is 10.1 Å². The summed E-state index contributed by atoms with van der Waals surface area (Å²) < 4.78 is 32.2. The first kappa shape index (κ1) is 23.5. The Kier molecular flexibility index (Phi) is 7.59. The number of piperidine rings is 1. The Morgan fingerprint density at radius 3 is 2.48 bits per heavy atom. The number of carbonyl (C=O) groups is 2. The fourth-order valence-corrected chi connectivity index (χ4v) is 5.11. The third-order valence-electron chi connectivity index (χ3n) is 4.92. The molecule has 0 aliphatic carbocycles. The molecule has 0 spiro atoms. The zero-order chi connectivity index (χ0) is 22.6. The highest BCUT2D eigenvalue weighted by Crippen LogP contribution is 2.26. The van der Waals surface area contributed by atoms with Gasteiger partial charge in [0.25, 0.3) is 5.91 Å². The highest BCUT2D eigenvalue weighted by molar-refractivity contribution is 7.89. The van der Waals surface area contributed by atoms with Crippen molar-refractivity contribution in [2.45, 2.75) is 31.1 Å². The summed E-state index contributed by atoms with van der Waals surface area (Å²) >= 11 is 12.0. The number of anilines is 1. The summed E-state index contributed by atoms with van der Waals surface area (Å²) in [5.74, 6) is -1.45. The van der Waals surface area contributed by atoms with Crippen LogP contribution in [-0.2, 0) is 19.6 Å². The third-order valence-corrected chi connectivity index (χ3v) is 7.38. The van der Waals surface area contributed by atoms with E-state index in [2.05, 4.69) is 5.32 Å². The lowest BCUT2D eigenvalue weighted by atomic mass is 10.2. The standard InChI is InChI=1S/C21H22Cl2N2O5S/c1-14-5-6-15(22)11-19(14)24-20(26)13-30-21(27)17-12-16(7-8-18(17)23)31(28,29)25-9-3-2-4-10-25/h5-8,11-12H,2-4,9-10,13H2,1H3,(H,24,26). The molecule has 1 amide bonds. The number of esters is 1. The normalized spacial score (nSPS) is 14.8. The molecule has 0 radical (unpaired) electrons. The fourth-order valence-electron chi connectivity index (χ4n) is 3.20. The molecular weight excluding hydrogens is 463 g/mol. The van der Waals surface area contributed by atoms with E-state index in [0.717, 1.165) is 24.8 Å². The van der Waals surface area contributed by atoms with Gasteiger partial charge in [-0.25, -0.2) is 13.2 Å².